The molecular formula is C12H12O. The Morgan fingerprint density at radius 2 is 1.92 bits per heavy atom. The number of ketones is 1. The van der Waals surface area contributed by atoms with Crippen molar-refractivity contribution in [2.75, 3.05) is 0 Å². The smallest absolute Gasteiger partial charge is 0.192 e. The number of hydrogen-bond acceptors (Lipinski definition) is 1. The third-order valence-electron chi connectivity index (χ3n) is 1.83. The first kappa shape index (κ1) is 9.46. The standard InChI is InChI=1S/C12H12O/c1-3-10(4-2)12(13)11-8-6-5-7-9-11/h3-9H,1H2,2H3/b10-4-. The van der Waals surface area contributed by atoms with E-state index in [0.717, 1.165) is 0 Å². The third-order valence-corrected chi connectivity index (χ3v) is 1.83. The number of allylic oxidation sites excluding steroid dienone is 3. The normalized spacial score (nSPS) is 11.0. The predicted molar refractivity (Wildman–Crippen MR) is 54.7 cm³/mol. The minimum atomic E-state index is 0.0260. The Morgan fingerprint density at radius 1 is 1.31 bits per heavy atom. The van der Waals surface area contributed by atoms with Crippen molar-refractivity contribution in [2.24, 2.45) is 0 Å². The summed E-state index contributed by atoms with van der Waals surface area (Å²) in [6.45, 7) is 5.42. The summed E-state index contributed by atoms with van der Waals surface area (Å²) in [7, 11) is 0. The van der Waals surface area contributed by atoms with Gasteiger partial charge < -0.3 is 0 Å². The minimum Gasteiger partial charge on any atom is -0.289 e. The summed E-state index contributed by atoms with van der Waals surface area (Å²) in [5, 5.41) is 0. The van der Waals surface area contributed by atoms with E-state index in [-0.39, 0.29) is 5.78 Å². The molecule has 0 N–H and O–H groups in total. The fourth-order valence-electron chi connectivity index (χ4n) is 1.10. The second-order valence-corrected chi connectivity index (χ2v) is 2.64. The molecule has 66 valence electrons. The fraction of sp³-hybridized carbons (Fsp3) is 0.0833. The van der Waals surface area contributed by atoms with Gasteiger partial charge in [0.05, 0.1) is 0 Å². The maximum Gasteiger partial charge on any atom is 0.192 e. The molecule has 13 heavy (non-hydrogen) atoms. The first-order valence-electron chi connectivity index (χ1n) is 4.18. The van der Waals surface area contributed by atoms with Crippen molar-refractivity contribution in [2.45, 2.75) is 6.92 Å². The van der Waals surface area contributed by atoms with Gasteiger partial charge >= 0.3 is 0 Å². The van der Waals surface area contributed by atoms with Gasteiger partial charge in [-0.25, -0.2) is 0 Å². The van der Waals surface area contributed by atoms with Crippen LogP contribution in [0.4, 0.5) is 0 Å². The Labute approximate surface area is 78.4 Å². The molecule has 0 saturated carbocycles. The van der Waals surface area contributed by atoms with Crippen LogP contribution in [0.25, 0.3) is 0 Å². The molecular weight excluding hydrogens is 160 g/mol. The number of hydrogen-bond donors (Lipinski definition) is 0. The van der Waals surface area contributed by atoms with Crippen LogP contribution in [0.15, 0.2) is 54.6 Å². The third kappa shape index (κ3) is 2.15. The highest BCUT2D eigenvalue weighted by atomic mass is 16.1. The molecule has 0 spiro atoms. The summed E-state index contributed by atoms with van der Waals surface area (Å²) >= 11 is 0. The maximum absolute atomic E-state index is 11.7. The Morgan fingerprint density at radius 3 is 2.38 bits per heavy atom. The van der Waals surface area contributed by atoms with Crippen LogP contribution in [0.2, 0.25) is 0 Å². The van der Waals surface area contributed by atoms with Crippen molar-refractivity contribution in [1.29, 1.82) is 0 Å². The zero-order valence-corrected chi connectivity index (χ0v) is 7.66. The van der Waals surface area contributed by atoms with Crippen LogP contribution in [0, 0.1) is 0 Å². The minimum absolute atomic E-state index is 0.0260. The van der Waals surface area contributed by atoms with Crippen molar-refractivity contribution >= 4 is 5.78 Å². The summed E-state index contributed by atoms with van der Waals surface area (Å²) < 4.78 is 0. The zero-order chi connectivity index (χ0) is 9.68. The summed E-state index contributed by atoms with van der Waals surface area (Å²) in [5.74, 6) is 0.0260. The molecule has 0 radical (unpaired) electrons. The molecule has 1 nitrogen and oxygen atoms in total. The van der Waals surface area contributed by atoms with Crippen LogP contribution in [-0.2, 0) is 0 Å². The van der Waals surface area contributed by atoms with Gasteiger partial charge in [-0.1, -0.05) is 49.1 Å². The summed E-state index contributed by atoms with van der Waals surface area (Å²) in [5.41, 5.74) is 1.35. The molecule has 1 aromatic carbocycles. The van der Waals surface area contributed by atoms with Gasteiger partial charge in [-0.2, -0.15) is 0 Å². The number of benzene rings is 1. The van der Waals surface area contributed by atoms with E-state index in [1.54, 1.807) is 24.3 Å². The maximum atomic E-state index is 11.7. The van der Waals surface area contributed by atoms with E-state index in [2.05, 4.69) is 6.58 Å². The van der Waals surface area contributed by atoms with E-state index in [1.807, 2.05) is 25.1 Å². The van der Waals surface area contributed by atoms with E-state index in [1.165, 1.54) is 0 Å². The Kier molecular flexibility index (Phi) is 3.21. The molecule has 0 bridgehead atoms. The van der Waals surface area contributed by atoms with Crippen LogP contribution < -0.4 is 0 Å². The molecule has 0 aliphatic heterocycles. The predicted octanol–water partition coefficient (Wildman–Crippen LogP) is 3.00. The molecule has 0 aliphatic rings. The number of carbonyl (C=O) groups is 1. The molecule has 0 fully saturated rings. The highest BCUT2D eigenvalue weighted by Gasteiger charge is 2.06. The second kappa shape index (κ2) is 4.41. The highest BCUT2D eigenvalue weighted by molar-refractivity contribution is 6.10. The second-order valence-electron chi connectivity index (χ2n) is 2.64. The average molecular weight is 172 g/mol. The Hall–Kier alpha value is -1.63. The van der Waals surface area contributed by atoms with Gasteiger partial charge in [-0.15, -0.1) is 0 Å². The van der Waals surface area contributed by atoms with Crippen LogP contribution in [0.5, 0.6) is 0 Å². The van der Waals surface area contributed by atoms with Crippen LogP contribution in [0.3, 0.4) is 0 Å². The van der Waals surface area contributed by atoms with Gasteiger partial charge in [0.25, 0.3) is 0 Å². The molecule has 0 aliphatic carbocycles. The van der Waals surface area contributed by atoms with E-state index in [9.17, 15) is 4.79 Å². The van der Waals surface area contributed by atoms with E-state index < -0.39 is 0 Å². The molecule has 0 atom stereocenters. The lowest BCUT2D eigenvalue weighted by atomic mass is 10.0. The summed E-state index contributed by atoms with van der Waals surface area (Å²) in [6, 6.07) is 9.19. The Bertz CT molecular complexity index is 333. The van der Waals surface area contributed by atoms with Crippen molar-refractivity contribution in [3.8, 4) is 0 Å². The molecule has 1 heteroatoms. The molecule has 1 rings (SSSR count). The molecule has 0 amide bonds. The lowest BCUT2D eigenvalue weighted by Crippen LogP contribution is -2.00. The van der Waals surface area contributed by atoms with Gasteiger partial charge in [0.2, 0.25) is 0 Å². The van der Waals surface area contributed by atoms with E-state index in [4.69, 9.17) is 0 Å². The van der Waals surface area contributed by atoms with Gasteiger partial charge in [0, 0.05) is 11.1 Å². The topological polar surface area (TPSA) is 17.1 Å². The summed E-state index contributed by atoms with van der Waals surface area (Å²) in [4.78, 5) is 11.7. The van der Waals surface area contributed by atoms with Gasteiger partial charge in [0.1, 0.15) is 0 Å². The first-order chi connectivity index (χ1) is 6.29. The molecule has 0 unspecified atom stereocenters. The largest absolute Gasteiger partial charge is 0.289 e. The van der Waals surface area contributed by atoms with Crippen molar-refractivity contribution in [3.63, 3.8) is 0 Å². The van der Waals surface area contributed by atoms with E-state index in [0.29, 0.717) is 11.1 Å². The Balaban J connectivity index is 2.98. The quantitative estimate of drug-likeness (QED) is 0.389. The van der Waals surface area contributed by atoms with Gasteiger partial charge in [-0.3, -0.25) is 4.79 Å². The first-order valence-corrected chi connectivity index (χ1v) is 4.18. The van der Waals surface area contributed by atoms with Crippen LogP contribution >= 0.6 is 0 Å². The highest BCUT2D eigenvalue weighted by Crippen LogP contribution is 2.08. The molecule has 1 aromatic rings. The lowest BCUT2D eigenvalue weighted by molar-refractivity contribution is 0.103. The van der Waals surface area contributed by atoms with Crippen molar-refractivity contribution < 1.29 is 4.79 Å². The number of carbonyl (C=O) groups excluding carboxylic acids is 1. The van der Waals surface area contributed by atoms with E-state index >= 15 is 0 Å². The monoisotopic (exact) mass is 172 g/mol. The SMILES string of the molecule is C=C/C(=C/C)C(=O)c1ccccc1. The molecule has 0 aromatic heterocycles. The zero-order valence-electron chi connectivity index (χ0n) is 7.66. The van der Waals surface area contributed by atoms with Crippen LogP contribution in [0.1, 0.15) is 17.3 Å². The average Bonchev–Trinajstić information content (AvgIpc) is 2.21. The number of rotatable bonds is 3. The van der Waals surface area contributed by atoms with Crippen LogP contribution in [-0.4, -0.2) is 5.78 Å². The van der Waals surface area contributed by atoms with Gasteiger partial charge in [-0.05, 0) is 6.92 Å². The molecule has 0 saturated heterocycles. The van der Waals surface area contributed by atoms with Crippen molar-refractivity contribution in [1.82, 2.24) is 0 Å². The fourth-order valence-corrected chi connectivity index (χ4v) is 1.10. The lowest BCUT2D eigenvalue weighted by Gasteiger charge is -1.99. The number of Topliss-reactive ketones (excluding diaryl/α,β-unsaturated/α-hetero) is 1. The van der Waals surface area contributed by atoms with Gasteiger partial charge in [0.15, 0.2) is 5.78 Å². The molecule has 0 heterocycles. The van der Waals surface area contributed by atoms with Crippen molar-refractivity contribution in [3.05, 3.63) is 60.2 Å². The summed E-state index contributed by atoms with van der Waals surface area (Å²) in [6.07, 6.45) is 3.34.